The Morgan fingerprint density at radius 1 is 1.71 bits per heavy atom. The highest BCUT2D eigenvalue weighted by molar-refractivity contribution is 7.99. The molecular formula is C9H16N2O2S. The molecule has 4 nitrogen and oxygen atoms in total. The van der Waals surface area contributed by atoms with Gasteiger partial charge in [0.15, 0.2) is 0 Å². The molecule has 5 heteroatoms. The number of hydrogen-bond donors (Lipinski definition) is 1. The van der Waals surface area contributed by atoms with Gasteiger partial charge in [0.2, 0.25) is 0 Å². The van der Waals surface area contributed by atoms with Gasteiger partial charge in [-0.1, -0.05) is 0 Å². The average molecular weight is 216 g/mol. The van der Waals surface area contributed by atoms with Crippen molar-refractivity contribution in [1.29, 1.82) is 5.26 Å². The first-order valence-corrected chi connectivity index (χ1v) is 5.74. The molecule has 0 aromatic rings. The minimum atomic E-state index is -0.540. The van der Waals surface area contributed by atoms with Gasteiger partial charge in [-0.2, -0.15) is 17.0 Å². The number of nitrogens with two attached hydrogens (primary N) is 1. The van der Waals surface area contributed by atoms with Crippen molar-refractivity contribution in [1.82, 2.24) is 0 Å². The van der Waals surface area contributed by atoms with E-state index in [1.54, 1.807) is 18.7 Å². The van der Waals surface area contributed by atoms with E-state index >= 15 is 0 Å². The van der Waals surface area contributed by atoms with Crippen molar-refractivity contribution in [3.8, 4) is 6.07 Å². The lowest BCUT2D eigenvalue weighted by atomic mass is 10.4. The Bertz CT molecular complexity index is 203. The van der Waals surface area contributed by atoms with Gasteiger partial charge in [-0.15, -0.1) is 0 Å². The van der Waals surface area contributed by atoms with Crippen molar-refractivity contribution in [2.45, 2.75) is 25.8 Å². The van der Waals surface area contributed by atoms with Gasteiger partial charge in [-0.25, -0.2) is 0 Å². The predicted molar refractivity (Wildman–Crippen MR) is 56.8 cm³/mol. The molecule has 0 bridgehead atoms. The molecule has 0 aromatic heterocycles. The summed E-state index contributed by atoms with van der Waals surface area (Å²) in [5.74, 6) is 1.07. The van der Waals surface area contributed by atoms with Crippen molar-refractivity contribution in [3.05, 3.63) is 0 Å². The number of carbonyl (C=O) groups is 1. The summed E-state index contributed by atoms with van der Waals surface area (Å²) in [6.45, 7) is 2.12. The van der Waals surface area contributed by atoms with Gasteiger partial charge in [-0.05, 0) is 19.1 Å². The van der Waals surface area contributed by atoms with Crippen LogP contribution in [0.1, 0.15) is 19.8 Å². The second-order valence-electron chi connectivity index (χ2n) is 2.70. The number of thioether (sulfide) groups is 1. The average Bonchev–Trinajstić information content (AvgIpc) is 2.17. The summed E-state index contributed by atoms with van der Waals surface area (Å²) in [5, 5.41) is 8.27. The van der Waals surface area contributed by atoms with Crippen LogP contribution in [-0.4, -0.2) is 30.1 Å². The van der Waals surface area contributed by atoms with Crippen LogP contribution in [0.3, 0.4) is 0 Å². The van der Waals surface area contributed by atoms with Crippen LogP contribution in [0.15, 0.2) is 0 Å². The Labute approximate surface area is 88.8 Å². The lowest BCUT2D eigenvalue weighted by Crippen LogP contribution is -2.34. The summed E-state index contributed by atoms with van der Waals surface area (Å²) in [6.07, 6.45) is 1.40. The highest BCUT2D eigenvalue weighted by Crippen LogP contribution is 2.06. The van der Waals surface area contributed by atoms with E-state index in [1.807, 2.05) is 0 Å². The second kappa shape index (κ2) is 8.85. The molecule has 14 heavy (non-hydrogen) atoms. The molecule has 1 unspecified atom stereocenters. The van der Waals surface area contributed by atoms with Crippen molar-refractivity contribution in [3.63, 3.8) is 0 Å². The third kappa shape index (κ3) is 6.75. The van der Waals surface area contributed by atoms with Crippen LogP contribution in [0.4, 0.5) is 0 Å². The fourth-order valence-corrected chi connectivity index (χ4v) is 1.69. The maximum Gasteiger partial charge on any atom is 0.323 e. The molecule has 0 spiro atoms. The quantitative estimate of drug-likeness (QED) is 0.505. The highest BCUT2D eigenvalue weighted by atomic mass is 32.2. The minimum Gasteiger partial charge on any atom is -0.465 e. The van der Waals surface area contributed by atoms with Crippen molar-refractivity contribution >= 4 is 17.7 Å². The monoisotopic (exact) mass is 216 g/mol. The van der Waals surface area contributed by atoms with Crippen molar-refractivity contribution in [2.24, 2.45) is 5.73 Å². The molecule has 0 radical (unpaired) electrons. The summed E-state index contributed by atoms with van der Waals surface area (Å²) in [6, 6.07) is 1.52. The van der Waals surface area contributed by atoms with Gasteiger partial charge in [0.1, 0.15) is 6.04 Å². The maximum absolute atomic E-state index is 11.1. The van der Waals surface area contributed by atoms with Crippen LogP contribution >= 0.6 is 11.8 Å². The minimum absolute atomic E-state index is 0.347. The van der Waals surface area contributed by atoms with Crippen LogP contribution in [0.2, 0.25) is 0 Å². The zero-order chi connectivity index (χ0) is 10.8. The number of nitriles is 1. The number of esters is 1. The lowest BCUT2D eigenvalue weighted by Gasteiger charge is -2.09. The van der Waals surface area contributed by atoms with E-state index < -0.39 is 6.04 Å². The van der Waals surface area contributed by atoms with E-state index in [1.165, 1.54) is 0 Å². The SMILES string of the molecule is CCOC(=O)C(N)CSCCCC#N. The first-order valence-electron chi connectivity index (χ1n) is 4.59. The molecule has 0 aromatic carbocycles. The molecule has 2 N–H and O–H groups in total. The Balaban J connectivity index is 3.39. The van der Waals surface area contributed by atoms with Gasteiger partial charge >= 0.3 is 5.97 Å². The number of nitrogens with zero attached hydrogens (tertiary/aromatic N) is 1. The number of rotatable bonds is 7. The Kier molecular flexibility index (Phi) is 8.39. The van der Waals surface area contributed by atoms with Crippen molar-refractivity contribution in [2.75, 3.05) is 18.1 Å². The summed E-state index contributed by atoms with van der Waals surface area (Å²) in [4.78, 5) is 11.1. The zero-order valence-corrected chi connectivity index (χ0v) is 9.18. The standard InChI is InChI=1S/C9H16N2O2S/c1-2-13-9(12)8(11)7-14-6-4-3-5-10/h8H,2-4,6-7,11H2,1H3. The van der Waals surface area contributed by atoms with Gasteiger partial charge < -0.3 is 10.5 Å². The molecule has 0 saturated heterocycles. The molecule has 0 aliphatic carbocycles. The number of unbranched alkanes of at least 4 members (excludes halogenated alkanes) is 1. The predicted octanol–water partition coefficient (Wildman–Crippen LogP) is 0.914. The molecule has 0 fully saturated rings. The largest absolute Gasteiger partial charge is 0.465 e. The zero-order valence-electron chi connectivity index (χ0n) is 8.36. The normalized spacial score (nSPS) is 11.8. The van der Waals surface area contributed by atoms with Crippen LogP contribution < -0.4 is 5.73 Å². The van der Waals surface area contributed by atoms with E-state index in [2.05, 4.69) is 6.07 Å². The van der Waals surface area contributed by atoms with E-state index in [0.717, 1.165) is 12.2 Å². The Hall–Kier alpha value is -0.730. The highest BCUT2D eigenvalue weighted by Gasteiger charge is 2.13. The lowest BCUT2D eigenvalue weighted by molar-refractivity contribution is -0.144. The molecule has 0 aliphatic rings. The molecule has 80 valence electrons. The van der Waals surface area contributed by atoms with Gasteiger partial charge in [0, 0.05) is 12.2 Å². The molecule has 0 rings (SSSR count). The van der Waals surface area contributed by atoms with Crippen LogP contribution in [-0.2, 0) is 9.53 Å². The van der Waals surface area contributed by atoms with Crippen LogP contribution in [0, 0.1) is 11.3 Å². The first-order chi connectivity index (χ1) is 6.72. The van der Waals surface area contributed by atoms with Gasteiger partial charge in [-0.3, -0.25) is 4.79 Å². The maximum atomic E-state index is 11.1. The molecular weight excluding hydrogens is 200 g/mol. The van der Waals surface area contributed by atoms with Crippen molar-refractivity contribution < 1.29 is 9.53 Å². The number of carbonyl (C=O) groups excluding carboxylic acids is 1. The van der Waals surface area contributed by atoms with E-state index in [9.17, 15) is 4.79 Å². The van der Waals surface area contributed by atoms with Crippen LogP contribution in [0.5, 0.6) is 0 Å². The van der Waals surface area contributed by atoms with E-state index in [-0.39, 0.29) is 5.97 Å². The third-order valence-corrected chi connectivity index (χ3v) is 2.64. The van der Waals surface area contributed by atoms with Gasteiger partial charge in [0.05, 0.1) is 12.7 Å². The first kappa shape index (κ1) is 13.3. The molecule has 1 atom stereocenters. The summed E-state index contributed by atoms with van der Waals surface area (Å²) in [5.41, 5.74) is 5.56. The summed E-state index contributed by atoms with van der Waals surface area (Å²) in [7, 11) is 0. The fraction of sp³-hybridized carbons (Fsp3) is 0.778. The van der Waals surface area contributed by atoms with Gasteiger partial charge in [0.25, 0.3) is 0 Å². The van der Waals surface area contributed by atoms with Crippen LogP contribution in [0.25, 0.3) is 0 Å². The number of ether oxygens (including phenoxy) is 1. The molecule has 0 heterocycles. The summed E-state index contributed by atoms with van der Waals surface area (Å²) < 4.78 is 4.75. The smallest absolute Gasteiger partial charge is 0.323 e. The molecule has 0 aliphatic heterocycles. The Morgan fingerprint density at radius 3 is 3.00 bits per heavy atom. The second-order valence-corrected chi connectivity index (χ2v) is 3.84. The molecule has 0 amide bonds. The summed E-state index contributed by atoms with van der Waals surface area (Å²) >= 11 is 1.58. The topological polar surface area (TPSA) is 76.1 Å². The molecule has 0 saturated carbocycles. The third-order valence-electron chi connectivity index (χ3n) is 1.46. The Morgan fingerprint density at radius 2 is 2.43 bits per heavy atom. The fourth-order valence-electron chi connectivity index (χ4n) is 0.781. The van der Waals surface area contributed by atoms with E-state index in [4.69, 9.17) is 15.7 Å². The van der Waals surface area contributed by atoms with E-state index in [0.29, 0.717) is 18.8 Å². The number of hydrogen-bond acceptors (Lipinski definition) is 5.